The van der Waals surface area contributed by atoms with Gasteiger partial charge in [-0.15, -0.1) is 0 Å². The van der Waals surface area contributed by atoms with Crippen LogP contribution in [0.5, 0.6) is 0 Å². The van der Waals surface area contributed by atoms with Gasteiger partial charge in [-0.25, -0.2) is 4.99 Å². The summed E-state index contributed by atoms with van der Waals surface area (Å²) in [5, 5.41) is 6.96. The number of nitrogens with zero attached hydrogens (tertiary/aromatic N) is 3. The highest BCUT2D eigenvalue weighted by Gasteiger charge is 2.20. The lowest BCUT2D eigenvalue weighted by Gasteiger charge is -2.34. The maximum absolute atomic E-state index is 12.0. The van der Waals surface area contributed by atoms with Crippen molar-refractivity contribution in [3.8, 4) is 0 Å². The minimum atomic E-state index is -0.00180. The summed E-state index contributed by atoms with van der Waals surface area (Å²) in [5.74, 6) is 0.720. The van der Waals surface area contributed by atoms with Gasteiger partial charge in [-0.3, -0.25) is 4.79 Å². The van der Waals surface area contributed by atoms with Gasteiger partial charge in [-0.2, -0.15) is 0 Å². The number of carbonyl (C=O) groups excluding carboxylic acids is 1. The zero-order valence-corrected chi connectivity index (χ0v) is 18.1. The number of para-hydroxylation sites is 1. The highest BCUT2D eigenvalue weighted by molar-refractivity contribution is 5.85. The number of carbonyl (C=O) groups is 1. The lowest BCUT2D eigenvalue weighted by molar-refractivity contribution is -0.127. The first-order valence-corrected chi connectivity index (χ1v) is 10.7. The highest BCUT2D eigenvalue weighted by Crippen LogP contribution is 2.19. The molecule has 0 aliphatic carbocycles. The minimum Gasteiger partial charge on any atom is -0.371 e. The summed E-state index contributed by atoms with van der Waals surface area (Å²) in [4.78, 5) is 20.5. The Bertz CT molecular complexity index is 799. The van der Waals surface area contributed by atoms with Crippen molar-refractivity contribution >= 4 is 17.6 Å². The largest absolute Gasteiger partial charge is 0.371 e. The fourth-order valence-electron chi connectivity index (χ4n) is 3.52. The van der Waals surface area contributed by atoms with Crippen LogP contribution in [0, 0.1) is 0 Å². The molecule has 1 amide bonds. The van der Waals surface area contributed by atoms with Crippen LogP contribution in [-0.2, 0) is 11.2 Å². The number of likely N-dealkylation sites (N-methyl/N-ethyl adjacent to an activating group) is 1. The molecule has 6 heteroatoms. The molecule has 1 aliphatic heterocycles. The van der Waals surface area contributed by atoms with Gasteiger partial charge in [-0.1, -0.05) is 48.5 Å². The quantitative estimate of drug-likeness (QED) is 0.547. The van der Waals surface area contributed by atoms with Gasteiger partial charge < -0.3 is 20.4 Å². The number of aliphatic imine (C=N–C) groups is 1. The lowest BCUT2D eigenvalue weighted by Crippen LogP contribution is -2.49. The fourth-order valence-corrected chi connectivity index (χ4v) is 3.52. The number of piperidine rings is 1. The van der Waals surface area contributed by atoms with Crippen LogP contribution in [0.2, 0.25) is 0 Å². The number of amides is 1. The van der Waals surface area contributed by atoms with Gasteiger partial charge in [0.15, 0.2) is 5.96 Å². The number of anilines is 1. The smallest absolute Gasteiger partial charge is 0.243 e. The molecule has 2 aromatic carbocycles. The van der Waals surface area contributed by atoms with Gasteiger partial charge in [0.25, 0.3) is 0 Å². The molecule has 2 N–H and O–H groups in total. The van der Waals surface area contributed by atoms with Gasteiger partial charge in [0.2, 0.25) is 5.91 Å². The Morgan fingerprint density at radius 3 is 2.30 bits per heavy atom. The molecule has 0 atom stereocenters. The third-order valence-electron chi connectivity index (χ3n) is 5.38. The Labute approximate surface area is 180 Å². The molecular weight excluding hydrogens is 374 g/mol. The number of hydrogen-bond acceptors (Lipinski definition) is 3. The standard InChI is InChI=1S/C24H33N5O/c1-28(2)23(30)19-26-24(25-16-13-20-9-5-3-6-10-20)27-21-14-17-29(18-15-21)22-11-7-4-8-12-22/h3-12,21H,13-19H2,1-2H3,(H2,25,26,27). The molecule has 0 spiro atoms. The number of benzene rings is 2. The maximum atomic E-state index is 12.0. The molecule has 1 aliphatic rings. The SMILES string of the molecule is CN(C)C(=O)CN=C(NCCc1ccccc1)NC1CCN(c2ccccc2)CC1. The van der Waals surface area contributed by atoms with Crippen molar-refractivity contribution in [3.63, 3.8) is 0 Å². The van der Waals surface area contributed by atoms with Crippen LogP contribution in [0.4, 0.5) is 5.69 Å². The highest BCUT2D eigenvalue weighted by atomic mass is 16.2. The van der Waals surface area contributed by atoms with E-state index < -0.39 is 0 Å². The Balaban J connectivity index is 1.53. The molecule has 0 bridgehead atoms. The predicted octanol–water partition coefficient (Wildman–Crippen LogP) is 2.52. The van der Waals surface area contributed by atoms with Gasteiger partial charge in [0.05, 0.1) is 0 Å². The maximum Gasteiger partial charge on any atom is 0.243 e. The normalized spacial score (nSPS) is 15.0. The number of guanidine groups is 1. The summed E-state index contributed by atoms with van der Waals surface area (Å²) >= 11 is 0. The average Bonchev–Trinajstić information content (AvgIpc) is 2.79. The number of rotatable bonds is 7. The third kappa shape index (κ3) is 6.79. The van der Waals surface area contributed by atoms with E-state index in [0.29, 0.717) is 6.04 Å². The van der Waals surface area contributed by atoms with E-state index in [1.54, 1.807) is 19.0 Å². The second kappa shape index (κ2) is 11.2. The molecule has 0 radical (unpaired) electrons. The molecule has 30 heavy (non-hydrogen) atoms. The molecule has 1 heterocycles. The van der Waals surface area contributed by atoms with Crippen LogP contribution < -0.4 is 15.5 Å². The Hall–Kier alpha value is -3.02. The zero-order chi connectivity index (χ0) is 21.2. The van der Waals surface area contributed by atoms with Gasteiger partial charge >= 0.3 is 0 Å². The monoisotopic (exact) mass is 407 g/mol. The van der Waals surface area contributed by atoms with Crippen molar-refractivity contribution in [2.45, 2.75) is 25.3 Å². The molecule has 160 valence electrons. The van der Waals surface area contributed by atoms with Crippen LogP contribution in [0.3, 0.4) is 0 Å². The van der Waals surface area contributed by atoms with Crippen LogP contribution in [-0.4, -0.2) is 63.1 Å². The molecule has 0 aromatic heterocycles. The summed E-state index contributed by atoms with van der Waals surface area (Å²) in [5.41, 5.74) is 2.56. The lowest BCUT2D eigenvalue weighted by atomic mass is 10.0. The van der Waals surface area contributed by atoms with Crippen LogP contribution in [0.15, 0.2) is 65.7 Å². The van der Waals surface area contributed by atoms with Crippen molar-refractivity contribution in [1.82, 2.24) is 15.5 Å². The molecule has 0 saturated carbocycles. The van der Waals surface area contributed by atoms with Crippen molar-refractivity contribution in [2.75, 3.05) is 45.2 Å². The molecule has 3 rings (SSSR count). The van der Waals surface area contributed by atoms with Crippen molar-refractivity contribution < 1.29 is 4.79 Å². The van der Waals surface area contributed by atoms with Crippen LogP contribution in [0.1, 0.15) is 18.4 Å². The van der Waals surface area contributed by atoms with E-state index in [1.807, 2.05) is 6.07 Å². The molecule has 2 aromatic rings. The Morgan fingerprint density at radius 2 is 1.67 bits per heavy atom. The molecule has 1 fully saturated rings. The van der Waals surface area contributed by atoms with Gasteiger partial charge in [0.1, 0.15) is 6.54 Å². The van der Waals surface area contributed by atoms with Crippen LogP contribution in [0.25, 0.3) is 0 Å². The topological polar surface area (TPSA) is 60.0 Å². The second-order valence-electron chi connectivity index (χ2n) is 7.86. The second-order valence-corrected chi connectivity index (χ2v) is 7.86. The summed E-state index contributed by atoms with van der Waals surface area (Å²) in [6.45, 7) is 2.94. The number of hydrogen-bond donors (Lipinski definition) is 2. The third-order valence-corrected chi connectivity index (χ3v) is 5.38. The average molecular weight is 408 g/mol. The zero-order valence-electron chi connectivity index (χ0n) is 18.1. The fraction of sp³-hybridized carbons (Fsp3) is 0.417. The first kappa shape index (κ1) is 21.7. The van der Waals surface area contributed by atoms with Crippen molar-refractivity contribution in [3.05, 3.63) is 66.2 Å². The van der Waals surface area contributed by atoms with Gasteiger partial charge in [0, 0.05) is 45.5 Å². The van der Waals surface area contributed by atoms with E-state index in [-0.39, 0.29) is 12.5 Å². The first-order valence-electron chi connectivity index (χ1n) is 10.7. The van der Waals surface area contributed by atoms with E-state index in [9.17, 15) is 4.79 Å². The van der Waals surface area contributed by atoms with Gasteiger partial charge in [-0.05, 0) is 37.0 Å². The van der Waals surface area contributed by atoms with Crippen LogP contribution >= 0.6 is 0 Å². The summed E-state index contributed by atoms with van der Waals surface area (Å²) < 4.78 is 0. The van der Waals surface area contributed by atoms with E-state index >= 15 is 0 Å². The van der Waals surface area contributed by atoms with E-state index in [2.05, 4.69) is 75.1 Å². The summed E-state index contributed by atoms with van der Waals surface area (Å²) in [7, 11) is 3.51. The summed E-state index contributed by atoms with van der Waals surface area (Å²) in [6.07, 6.45) is 2.99. The molecule has 1 saturated heterocycles. The van der Waals surface area contributed by atoms with Crippen molar-refractivity contribution in [1.29, 1.82) is 0 Å². The molecule has 0 unspecified atom stereocenters. The van der Waals surface area contributed by atoms with Crippen molar-refractivity contribution in [2.24, 2.45) is 4.99 Å². The van der Waals surface area contributed by atoms with E-state index in [1.165, 1.54) is 11.3 Å². The summed E-state index contributed by atoms with van der Waals surface area (Å²) in [6, 6.07) is 21.3. The van der Waals surface area contributed by atoms with E-state index in [4.69, 9.17) is 0 Å². The number of nitrogens with one attached hydrogen (secondary N) is 2. The molecule has 6 nitrogen and oxygen atoms in total. The molecular formula is C24H33N5O. The Kier molecular flexibility index (Phi) is 8.12. The first-order chi connectivity index (χ1) is 14.6. The Morgan fingerprint density at radius 1 is 1.03 bits per heavy atom. The predicted molar refractivity (Wildman–Crippen MR) is 124 cm³/mol. The van der Waals surface area contributed by atoms with E-state index in [0.717, 1.165) is 44.9 Å². The minimum absolute atomic E-state index is 0.00180.